The van der Waals surface area contributed by atoms with E-state index in [1.54, 1.807) is 24.3 Å². The monoisotopic (exact) mass is 448 g/mol. The summed E-state index contributed by atoms with van der Waals surface area (Å²) < 4.78 is 11.5. The van der Waals surface area contributed by atoms with Crippen LogP contribution in [0.25, 0.3) is 11.5 Å². The van der Waals surface area contributed by atoms with Crippen LogP contribution >= 0.6 is 11.6 Å². The molecule has 32 heavy (non-hydrogen) atoms. The summed E-state index contributed by atoms with van der Waals surface area (Å²) in [4.78, 5) is 12.9. The molecular formula is C24H21ClN4O3. The van der Waals surface area contributed by atoms with E-state index >= 15 is 0 Å². The van der Waals surface area contributed by atoms with Crippen LogP contribution < -0.4 is 15.4 Å². The van der Waals surface area contributed by atoms with Crippen LogP contribution in [0.4, 0.5) is 10.5 Å². The van der Waals surface area contributed by atoms with E-state index in [-0.39, 0.29) is 11.8 Å². The predicted molar refractivity (Wildman–Crippen MR) is 123 cm³/mol. The second-order valence-corrected chi connectivity index (χ2v) is 7.20. The minimum atomic E-state index is -0.667. The number of carbonyl (C=O) groups is 1. The summed E-state index contributed by atoms with van der Waals surface area (Å²) >= 11 is 6.26. The van der Waals surface area contributed by atoms with Gasteiger partial charge < -0.3 is 19.8 Å². The maximum atomic E-state index is 12.9. The highest BCUT2D eigenvalue weighted by molar-refractivity contribution is 6.33. The molecule has 2 amide bonds. The van der Waals surface area contributed by atoms with Gasteiger partial charge in [0.05, 0.1) is 22.9 Å². The van der Waals surface area contributed by atoms with E-state index < -0.39 is 12.1 Å². The predicted octanol–water partition coefficient (Wildman–Crippen LogP) is 5.70. The molecule has 1 heterocycles. The van der Waals surface area contributed by atoms with Gasteiger partial charge in [0, 0.05) is 0 Å². The van der Waals surface area contributed by atoms with Gasteiger partial charge in [-0.05, 0) is 36.8 Å². The molecule has 7 nitrogen and oxygen atoms in total. The quantitative estimate of drug-likeness (QED) is 0.378. The topological polar surface area (TPSA) is 89.3 Å². The van der Waals surface area contributed by atoms with Crippen molar-refractivity contribution in [3.8, 4) is 17.2 Å². The Hall–Kier alpha value is -3.84. The Labute approximate surface area is 190 Å². The third kappa shape index (κ3) is 4.90. The van der Waals surface area contributed by atoms with Gasteiger partial charge in [0.1, 0.15) is 11.8 Å². The molecule has 0 radical (unpaired) electrons. The van der Waals surface area contributed by atoms with Crippen LogP contribution in [0.1, 0.15) is 24.4 Å². The van der Waals surface area contributed by atoms with Crippen LogP contribution in [0.5, 0.6) is 5.75 Å². The lowest BCUT2D eigenvalue weighted by molar-refractivity contribution is 0.248. The van der Waals surface area contributed by atoms with Crippen molar-refractivity contribution in [2.45, 2.75) is 13.0 Å². The molecule has 1 aromatic heterocycles. The van der Waals surface area contributed by atoms with Crippen LogP contribution in [0.2, 0.25) is 5.02 Å². The van der Waals surface area contributed by atoms with E-state index in [1.807, 2.05) is 61.5 Å². The normalized spacial score (nSPS) is 11.6. The van der Waals surface area contributed by atoms with Crippen molar-refractivity contribution >= 4 is 23.3 Å². The Kier molecular flexibility index (Phi) is 6.67. The maximum Gasteiger partial charge on any atom is 0.320 e. The molecule has 0 fully saturated rings. The zero-order valence-electron chi connectivity index (χ0n) is 17.3. The first-order chi connectivity index (χ1) is 15.7. The summed E-state index contributed by atoms with van der Waals surface area (Å²) in [5.74, 6) is 1.09. The fourth-order valence-electron chi connectivity index (χ4n) is 3.17. The summed E-state index contributed by atoms with van der Waals surface area (Å²) in [6, 6.07) is 22.7. The van der Waals surface area contributed by atoms with Gasteiger partial charge in [0.15, 0.2) is 0 Å². The molecular weight excluding hydrogens is 428 g/mol. The second-order valence-electron chi connectivity index (χ2n) is 6.80. The van der Waals surface area contributed by atoms with Crippen molar-refractivity contribution in [2.24, 2.45) is 0 Å². The molecule has 8 heteroatoms. The van der Waals surface area contributed by atoms with E-state index in [0.29, 0.717) is 28.6 Å². The second kappa shape index (κ2) is 9.98. The molecule has 0 saturated carbocycles. The van der Waals surface area contributed by atoms with Crippen LogP contribution in [0, 0.1) is 0 Å². The lowest BCUT2D eigenvalue weighted by Gasteiger charge is -2.17. The van der Waals surface area contributed by atoms with Gasteiger partial charge in [-0.2, -0.15) is 0 Å². The molecule has 1 atom stereocenters. The Morgan fingerprint density at radius 1 is 1.00 bits per heavy atom. The number of anilines is 1. The number of rotatable bonds is 7. The van der Waals surface area contributed by atoms with E-state index in [9.17, 15) is 4.79 Å². The Morgan fingerprint density at radius 2 is 1.72 bits per heavy atom. The fraction of sp³-hybridized carbons (Fsp3) is 0.125. The highest BCUT2D eigenvalue weighted by atomic mass is 35.5. The number of hydrogen-bond donors (Lipinski definition) is 2. The van der Waals surface area contributed by atoms with Gasteiger partial charge in [-0.1, -0.05) is 66.2 Å². The van der Waals surface area contributed by atoms with Gasteiger partial charge >= 0.3 is 6.03 Å². The maximum absolute atomic E-state index is 12.9. The average molecular weight is 449 g/mol. The SMILES string of the molecule is CCOc1ccccc1NC(=O)N[C@H](c1ccccc1)c1nnc(-c2ccccc2Cl)o1. The van der Waals surface area contributed by atoms with Crippen LogP contribution in [-0.4, -0.2) is 22.8 Å². The van der Waals surface area contributed by atoms with Crippen molar-refractivity contribution in [1.82, 2.24) is 15.5 Å². The molecule has 0 spiro atoms. The molecule has 0 saturated heterocycles. The van der Waals surface area contributed by atoms with Crippen molar-refractivity contribution in [3.05, 3.63) is 95.3 Å². The van der Waals surface area contributed by atoms with Gasteiger partial charge in [0.25, 0.3) is 0 Å². The van der Waals surface area contributed by atoms with E-state index in [0.717, 1.165) is 5.56 Å². The molecule has 4 aromatic rings. The molecule has 0 aliphatic carbocycles. The van der Waals surface area contributed by atoms with Crippen molar-refractivity contribution in [3.63, 3.8) is 0 Å². The number of nitrogens with one attached hydrogen (secondary N) is 2. The Balaban J connectivity index is 1.60. The number of nitrogens with zero attached hydrogens (tertiary/aromatic N) is 2. The van der Waals surface area contributed by atoms with E-state index in [4.69, 9.17) is 20.8 Å². The van der Waals surface area contributed by atoms with Crippen molar-refractivity contribution in [1.29, 1.82) is 0 Å². The van der Waals surface area contributed by atoms with Crippen LogP contribution in [0.15, 0.2) is 83.3 Å². The third-order valence-corrected chi connectivity index (χ3v) is 4.96. The number of hydrogen-bond acceptors (Lipinski definition) is 5. The first kappa shape index (κ1) is 21.4. The largest absolute Gasteiger partial charge is 0.492 e. The summed E-state index contributed by atoms with van der Waals surface area (Å²) in [7, 11) is 0. The van der Waals surface area contributed by atoms with Crippen LogP contribution in [-0.2, 0) is 0 Å². The molecule has 0 bridgehead atoms. The Bertz CT molecular complexity index is 1200. The zero-order valence-corrected chi connectivity index (χ0v) is 18.0. The fourth-order valence-corrected chi connectivity index (χ4v) is 3.39. The zero-order chi connectivity index (χ0) is 22.3. The van der Waals surface area contributed by atoms with Gasteiger partial charge in [-0.25, -0.2) is 4.79 Å². The molecule has 162 valence electrons. The molecule has 0 unspecified atom stereocenters. The summed E-state index contributed by atoms with van der Waals surface area (Å²) in [6.07, 6.45) is 0. The van der Waals surface area contributed by atoms with E-state index in [1.165, 1.54) is 0 Å². The number of urea groups is 1. The lowest BCUT2D eigenvalue weighted by Crippen LogP contribution is -2.33. The Morgan fingerprint density at radius 3 is 2.50 bits per heavy atom. The summed E-state index contributed by atoms with van der Waals surface area (Å²) in [5, 5.41) is 14.5. The molecule has 3 aromatic carbocycles. The minimum Gasteiger partial charge on any atom is -0.492 e. The molecule has 2 N–H and O–H groups in total. The minimum absolute atomic E-state index is 0.236. The number of benzene rings is 3. The van der Waals surface area contributed by atoms with Gasteiger partial charge in [-0.3, -0.25) is 0 Å². The molecule has 4 rings (SSSR count). The highest BCUT2D eigenvalue weighted by Gasteiger charge is 2.24. The first-order valence-corrected chi connectivity index (χ1v) is 10.5. The number of ether oxygens (including phenoxy) is 1. The smallest absolute Gasteiger partial charge is 0.320 e. The number of para-hydroxylation sites is 2. The first-order valence-electron chi connectivity index (χ1n) is 10.1. The number of aromatic nitrogens is 2. The van der Waals surface area contributed by atoms with Crippen molar-refractivity contribution < 1.29 is 13.9 Å². The third-order valence-electron chi connectivity index (χ3n) is 4.64. The van der Waals surface area contributed by atoms with E-state index in [2.05, 4.69) is 20.8 Å². The standard InChI is InChI=1S/C24H21ClN4O3/c1-2-31-20-15-9-8-14-19(20)26-24(30)27-21(16-10-4-3-5-11-16)23-29-28-22(32-23)17-12-6-7-13-18(17)25/h3-15,21H,2H2,1H3,(H2,26,27,30)/t21-/m1/s1. The summed E-state index contributed by atoms with van der Waals surface area (Å²) in [6.45, 7) is 2.37. The molecule has 0 aliphatic rings. The number of halogens is 1. The lowest BCUT2D eigenvalue weighted by atomic mass is 10.1. The number of carbonyl (C=O) groups excluding carboxylic acids is 1. The summed E-state index contributed by atoms with van der Waals surface area (Å²) in [5.41, 5.74) is 1.96. The van der Waals surface area contributed by atoms with Gasteiger partial charge in [0.2, 0.25) is 11.8 Å². The highest BCUT2D eigenvalue weighted by Crippen LogP contribution is 2.30. The van der Waals surface area contributed by atoms with Crippen LogP contribution in [0.3, 0.4) is 0 Å². The van der Waals surface area contributed by atoms with Crippen molar-refractivity contribution in [2.75, 3.05) is 11.9 Å². The number of amides is 2. The average Bonchev–Trinajstić information content (AvgIpc) is 3.29. The van der Waals surface area contributed by atoms with Gasteiger partial charge in [-0.15, -0.1) is 10.2 Å². The molecule has 0 aliphatic heterocycles.